The van der Waals surface area contributed by atoms with Crippen LogP contribution in [0.1, 0.15) is 11.1 Å². The van der Waals surface area contributed by atoms with E-state index in [0.29, 0.717) is 32.4 Å². The number of rotatable bonds is 2. The molecule has 108 valence electrons. The summed E-state index contributed by atoms with van der Waals surface area (Å²) >= 11 is 5.97. The number of halogens is 1. The SMILES string of the molecule is Cc1c(CCO)c(=O)oc2c1c(=O)[nH]c1ccc(Cl)cc12. The van der Waals surface area contributed by atoms with Gasteiger partial charge in [0.15, 0.2) is 5.58 Å². The smallest absolute Gasteiger partial charge is 0.339 e. The van der Waals surface area contributed by atoms with Gasteiger partial charge >= 0.3 is 5.63 Å². The van der Waals surface area contributed by atoms with Crippen LogP contribution in [-0.4, -0.2) is 16.7 Å². The zero-order valence-electron chi connectivity index (χ0n) is 11.2. The van der Waals surface area contributed by atoms with Gasteiger partial charge in [0, 0.05) is 29.0 Å². The summed E-state index contributed by atoms with van der Waals surface area (Å²) in [6.07, 6.45) is 0.150. The first-order chi connectivity index (χ1) is 10.0. The second kappa shape index (κ2) is 5.02. The molecule has 2 heterocycles. The van der Waals surface area contributed by atoms with Crippen LogP contribution in [0.15, 0.2) is 32.2 Å². The van der Waals surface area contributed by atoms with Gasteiger partial charge in [-0.15, -0.1) is 0 Å². The second-order valence-electron chi connectivity index (χ2n) is 4.81. The minimum Gasteiger partial charge on any atom is -0.422 e. The van der Waals surface area contributed by atoms with Gasteiger partial charge in [-0.2, -0.15) is 0 Å². The molecule has 2 aromatic heterocycles. The minimum absolute atomic E-state index is 0.150. The Morgan fingerprint density at radius 1 is 1.33 bits per heavy atom. The lowest BCUT2D eigenvalue weighted by atomic mass is 10.0. The van der Waals surface area contributed by atoms with Crippen molar-refractivity contribution in [2.75, 3.05) is 6.61 Å². The minimum atomic E-state index is -0.541. The molecule has 21 heavy (non-hydrogen) atoms. The molecule has 0 spiro atoms. The first kappa shape index (κ1) is 13.9. The number of aliphatic hydroxyl groups is 1. The lowest BCUT2D eigenvalue weighted by Gasteiger charge is -2.08. The van der Waals surface area contributed by atoms with Crippen LogP contribution in [0.3, 0.4) is 0 Å². The van der Waals surface area contributed by atoms with Gasteiger partial charge in [-0.05, 0) is 30.7 Å². The van der Waals surface area contributed by atoms with Crippen LogP contribution in [0, 0.1) is 6.92 Å². The van der Waals surface area contributed by atoms with E-state index in [1.165, 1.54) is 0 Å². The highest BCUT2D eigenvalue weighted by atomic mass is 35.5. The number of H-pyrrole nitrogens is 1. The predicted octanol–water partition coefficient (Wildman–Crippen LogP) is 2.13. The Kier molecular flexibility index (Phi) is 3.31. The summed E-state index contributed by atoms with van der Waals surface area (Å²) in [5.74, 6) is 0. The molecular weight excluding hydrogens is 294 g/mol. The fraction of sp³-hybridized carbons (Fsp3) is 0.200. The first-order valence-electron chi connectivity index (χ1n) is 6.41. The van der Waals surface area contributed by atoms with Crippen molar-refractivity contribution >= 4 is 33.5 Å². The standard InChI is InChI=1S/C15H12ClNO4/c1-7-9(4-5-18)15(20)21-13-10-6-8(16)2-3-11(10)17-14(19)12(7)13/h2-3,6,18H,4-5H2,1H3,(H,17,19). The summed E-state index contributed by atoms with van der Waals surface area (Å²) < 4.78 is 5.33. The molecule has 0 saturated heterocycles. The molecule has 0 bridgehead atoms. The monoisotopic (exact) mass is 305 g/mol. The number of aliphatic hydroxyl groups excluding tert-OH is 1. The molecule has 0 saturated carbocycles. The number of nitrogens with one attached hydrogen (secondary N) is 1. The van der Waals surface area contributed by atoms with Gasteiger partial charge in [0.1, 0.15) is 0 Å². The maximum atomic E-state index is 12.3. The molecule has 1 aromatic carbocycles. The van der Waals surface area contributed by atoms with Crippen LogP contribution in [0.2, 0.25) is 5.02 Å². The van der Waals surface area contributed by atoms with Crippen molar-refractivity contribution < 1.29 is 9.52 Å². The number of fused-ring (bicyclic) bond motifs is 3. The first-order valence-corrected chi connectivity index (χ1v) is 6.79. The van der Waals surface area contributed by atoms with Crippen molar-refractivity contribution in [1.29, 1.82) is 0 Å². The molecule has 0 fully saturated rings. The van der Waals surface area contributed by atoms with Crippen molar-refractivity contribution in [2.24, 2.45) is 0 Å². The number of aromatic amines is 1. The second-order valence-corrected chi connectivity index (χ2v) is 5.25. The van der Waals surface area contributed by atoms with Gasteiger partial charge in [0.05, 0.1) is 10.9 Å². The van der Waals surface area contributed by atoms with E-state index < -0.39 is 5.63 Å². The predicted molar refractivity (Wildman–Crippen MR) is 81.1 cm³/mol. The van der Waals surface area contributed by atoms with E-state index in [1.807, 2.05) is 0 Å². The van der Waals surface area contributed by atoms with Gasteiger partial charge in [-0.25, -0.2) is 4.79 Å². The lowest BCUT2D eigenvalue weighted by Crippen LogP contribution is -2.17. The summed E-state index contributed by atoms with van der Waals surface area (Å²) in [6.45, 7) is 1.49. The molecule has 2 N–H and O–H groups in total. The highest BCUT2D eigenvalue weighted by Crippen LogP contribution is 2.26. The van der Waals surface area contributed by atoms with Gasteiger partial charge in [-0.1, -0.05) is 11.6 Å². The van der Waals surface area contributed by atoms with Crippen molar-refractivity contribution in [2.45, 2.75) is 13.3 Å². The van der Waals surface area contributed by atoms with E-state index in [2.05, 4.69) is 4.98 Å². The average Bonchev–Trinajstić information content (AvgIpc) is 2.44. The fourth-order valence-corrected chi connectivity index (χ4v) is 2.71. The van der Waals surface area contributed by atoms with E-state index in [0.717, 1.165) is 0 Å². The fourth-order valence-electron chi connectivity index (χ4n) is 2.54. The topological polar surface area (TPSA) is 83.3 Å². The van der Waals surface area contributed by atoms with Crippen molar-refractivity contribution in [3.8, 4) is 0 Å². The molecule has 3 rings (SSSR count). The summed E-state index contributed by atoms with van der Waals surface area (Å²) in [5.41, 5.74) is 0.742. The third kappa shape index (κ3) is 2.14. The van der Waals surface area contributed by atoms with Gasteiger partial charge < -0.3 is 14.5 Å². The number of benzene rings is 1. The van der Waals surface area contributed by atoms with E-state index in [9.17, 15) is 9.59 Å². The number of pyridine rings is 1. The van der Waals surface area contributed by atoms with E-state index in [1.54, 1.807) is 25.1 Å². The molecule has 6 heteroatoms. The molecule has 0 atom stereocenters. The van der Waals surface area contributed by atoms with Crippen LogP contribution in [0.4, 0.5) is 0 Å². The van der Waals surface area contributed by atoms with Crippen LogP contribution in [-0.2, 0) is 6.42 Å². The zero-order chi connectivity index (χ0) is 15.1. The molecule has 0 aliphatic heterocycles. The Bertz CT molecular complexity index is 971. The molecule has 0 amide bonds. The molecule has 3 aromatic rings. The highest BCUT2D eigenvalue weighted by molar-refractivity contribution is 6.31. The molecule has 0 radical (unpaired) electrons. The zero-order valence-corrected chi connectivity index (χ0v) is 12.0. The number of aryl methyl sites for hydroxylation is 1. The maximum absolute atomic E-state index is 12.3. The van der Waals surface area contributed by atoms with Crippen LogP contribution >= 0.6 is 11.6 Å². The Balaban J connectivity index is 2.57. The molecule has 0 unspecified atom stereocenters. The van der Waals surface area contributed by atoms with Crippen molar-refractivity contribution in [3.05, 3.63) is 55.1 Å². The number of hydrogen-bond acceptors (Lipinski definition) is 4. The van der Waals surface area contributed by atoms with E-state index in [4.69, 9.17) is 21.1 Å². The van der Waals surface area contributed by atoms with Crippen LogP contribution < -0.4 is 11.2 Å². The Labute approximate surface area is 123 Å². The largest absolute Gasteiger partial charge is 0.422 e. The van der Waals surface area contributed by atoms with Crippen molar-refractivity contribution in [3.63, 3.8) is 0 Å². The molecule has 0 aliphatic rings. The normalized spacial score (nSPS) is 11.4. The number of hydrogen-bond donors (Lipinski definition) is 2. The maximum Gasteiger partial charge on any atom is 0.339 e. The molecule has 5 nitrogen and oxygen atoms in total. The van der Waals surface area contributed by atoms with Crippen LogP contribution in [0.5, 0.6) is 0 Å². The van der Waals surface area contributed by atoms with E-state index >= 15 is 0 Å². The van der Waals surface area contributed by atoms with Crippen molar-refractivity contribution in [1.82, 2.24) is 4.98 Å². The average molecular weight is 306 g/mol. The number of aromatic nitrogens is 1. The summed E-state index contributed by atoms with van der Waals surface area (Å²) in [5, 5.41) is 10.4. The summed E-state index contributed by atoms with van der Waals surface area (Å²) in [6, 6.07) is 4.95. The van der Waals surface area contributed by atoms with Gasteiger partial charge in [0.2, 0.25) is 0 Å². The highest BCUT2D eigenvalue weighted by Gasteiger charge is 2.16. The Hall–Kier alpha value is -2.11. The molecular formula is C15H12ClNO4. The van der Waals surface area contributed by atoms with Crippen LogP contribution in [0.25, 0.3) is 21.9 Å². The Morgan fingerprint density at radius 2 is 2.10 bits per heavy atom. The van der Waals surface area contributed by atoms with Gasteiger partial charge in [0.25, 0.3) is 5.56 Å². The quantitative estimate of drug-likeness (QED) is 0.710. The Morgan fingerprint density at radius 3 is 2.81 bits per heavy atom. The third-order valence-corrected chi connectivity index (χ3v) is 3.79. The summed E-state index contributed by atoms with van der Waals surface area (Å²) in [7, 11) is 0. The lowest BCUT2D eigenvalue weighted by molar-refractivity contribution is 0.297. The van der Waals surface area contributed by atoms with E-state index in [-0.39, 0.29) is 24.2 Å². The summed E-state index contributed by atoms with van der Waals surface area (Å²) in [4.78, 5) is 27.1. The van der Waals surface area contributed by atoms with Gasteiger partial charge in [-0.3, -0.25) is 4.79 Å². The molecule has 0 aliphatic carbocycles. The third-order valence-electron chi connectivity index (χ3n) is 3.56.